The fourth-order valence-electron chi connectivity index (χ4n) is 2.92. The lowest BCUT2D eigenvalue weighted by Gasteiger charge is -2.10. The molecule has 2 aromatic heterocycles. The molecule has 1 aliphatic rings. The van der Waals surface area contributed by atoms with Crippen LogP contribution in [0.15, 0.2) is 34.9 Å². The Bertz CT molecular complexity index is 929. The maximum atomic E-state index is 12.5. The van der Waals surface area contributed by atoms with Crippen molar-refractivity contribution in [2.24, 2.45) is 0 Å². The number of urea groups is 1. The number of hydrogen-bond acceptors (Lipinski definition) is 5. The number of nitrogens with zero attached hydrogens (tertiary/aromatic N) is 3. The average Bonchev–Trinajstić information content (AvgIpc) is 3.24. The number of fused-ring (bicyclic) bond motifs is 1. The van der Waals surface area contributed by atoms with Crippen molar-refractivity contribution in [1.82, 2.24) is 25.4 Å². The number of carbonyl (C=O) groups excluding carboxylic acids is 2. The number of aromatic amines is 1. The monoisotopic (exact) mass is 325 g/mol. The number of H-pyrrole nitrogens is 1. The number of aryl methyl sites for hydroxylation is 1. The minimum Gasteiger partial charge on any atom is -0.424 e. The first kappa shape index (κ1) is 14.4. The van der Waals surface area contributed by atoms with Crippen LogP contribution in [0, 0.1) is 6.92 Å². The second kappa shape index (κ2) is 5.48. The Hall–Kier alpha value is -3.16. The number of hydrogen-bond donors (Lipinski definition) is 2. The summed E-state index contributed by atoms with van der Waals surface area (Å²) >= 11 is 0. The molecule has 0 bridgehead atoms. The molecule has 3 heterocycles. The van der Waals surface area contributed by atoms with Crippen molar-refractivity contribution in [1.29, 1.82) is 0 Å². The first-order valence-corrected chi connectivity index (χ1v) is 7.57. The summed E-state index contributed by atoms with van der Waals surface area (Å²) in [5.74, 6) is 0.345. The molecule has 0 radical (unpaired) electrons. The van der Waals surface area contributed by atoms with E-state index >= 15 is 0 Å². The van der Waals surface area contributed by atoms with Crippen LogP contribution < -0.4 is 5.32 Å². The van der Waals surface area contributed by atoms with Gasteiger partial charge in [0.15, 0.2) is 0 Å². The van der Waals surface area contributed by atoms with E-state index in [1.165, 1.54) is 0 Å². The van der Waals surface area contributed by atoms with E-state index < -0.39 is 12.1 Å². The summed E-state index contributed by atoms with van der Waals surface area (Å²) in [6, 6.07) is 6.80. The molecule has 0 aliphatic carbocycles. The van der Waals surface area contributed by atoms with Crippen molar-refractivity contribution < 1.29 is 14.0 Å². The second-order valence-electron chi connectivity index (χ2n) is 5.70. The smallest absolute Gasteiger partial charge is 0.325 e. The number of nitrogens with one attached hydrogen (secondary N) is 2. The van der Waals surface area contributed by atoms with Gasteiger partial charge in [-0.3, -0.25) is 9.69 Å². The van der Waals surface area contributed by atoms with Crippen molar-refractivity contribution in [3.05, 3.63) is 47.8 Å². The molecule has 3 amide bonds. The molecule has 1 fully saturated rings. The third-order valence-electron chi connectivity index (χ3n) is 4.07. The highest BCUT2D eigenvalue weighted by atomic mass is 16.4. The minimum absolute atomic E-state index is 0.0180. The molecule has 24 heavy (non-hydrogen) atoms. The first-order valence-electron chi connectivity index (χ1n) is 7.57. The van der Waals surface area contributed by atoms with Crippen LogP contribution in [0.5, 0.6) is 0 Å². The van der Waals surface area contributed by atoms with Crippen LogP contribution in [0.3, 0.4) is 0 Å². The van der Waals surface area contributed by atoms with E-state index in [1.54, 1.807) is 6.92 Å². The van der Waals surface area contributed by atoms with E-state index in [-0.39, 0.29) is 18.3 Å². The first-order chi connectivity index (χ1) is 11.6. The van der Waals surface area contributed by atoms with E-state index in [2.05, 4.69) is 20.5 Å². The zero-order chi connectivity index (χ0) is 16.7. The highest BCUT2D eigenvalue weighted by molar-refractivity contribution is 6.04. The lowest BCUT2D eigenvalue weighted by molar-refractivity contribution is -0.128. The Morgan fingerprint density at radius 2 is 2.08 bits per heavy atom. The summed E-state index contributed by atoms with van der Waals surface area (Å²) in [5.41, 5.74) is 1.99. The van der Waals surface area contributed by atoms with Crippen LogP contribution >= 0.6 is 0 Å². The topological polar surface area (TPSA) is 104 Å². The van der Waals surface area contributed by atoms with Crippen molar-refractivity contribution in [3.8, 4) is 0 Å². The fourth-order valence-corrected chi connectivity index (χ4v) is 2.92. The van der Waals surface area contributed by atoms with Crippen molar-refractivity contribution >= 4 is 22.8 Å². The number of benzene rings is 1. The third kappa shape index (κ3) is 2.41. The number of rotatable bonds is 4. The van der Waals surface area contributed by atoms with Gasteiger partial charge >= 0.3 is 6.03 Å². The SMILES string of the molecule is Cc1nnc(CN2C(=O)N[C@H](Cc3c[nH]c4ccccc34)C2=O)o1. The van der Waals surface area contributed by atoms with Gasteiger partial charge in [0.1, 0.15) is 12.6 Å². The van der Waals surface area contributed by atoms with Gasteiger partial charge in [-0.25, -0.2) is 4.79 Å². The zero-order valence-electron chi connectivity index (χ0n) is 12.9. The van der Waals surface area contributed by atoms with Gasteiger partial charge < -0.3 is 14.7 Å². The summed E-state index contributed by atoms with van der Waals surface area (Å²) < 4.78 is 5.24. The van der Waals surface area contributed by atoms with Gasteiger partial charge in [-0.05, 0) is 11.6 Å². The third-order valence-corrected chi connectivity index (χ3v) is 4.07. The number of para-hydroxylation sites is 1. The molecule has 8 nitrogen and oxygen atoms in total. The fraction of sp³-hybridized carbons (Fsp3) is 0.250. The zero-order valence-corrected chi connectivity index (χ0v) is 12.9. The van der Waals surface area contributed by atoms with Gasteiger partial charge in [0.25, 0.3) is 5.91 Å². The highest BCUT2D eigenvalue weighted by Crippen LogP contribution is 2.21. The average molecular weight is 325 g/mol. The lowest BCUT2D eigenvalue weighted by Crippen LogP contribution is -2.32. The Morgan fingerprint density at radius 3 is 2.88 bits per heavy atom. The number of amides is 3. The van der Waals surface area contributed by atoms with E-state index in [9.17, 15) is 9.59 Å². The van der Waals surface area contributed by atoms with Gasteiger partial charge in [-0.15, -0.1) is 10.2 Å². The second-order valence-corrected chi connectivity index (χ2v) is 5.70. The molecule has 1 saturated heterocycles. The summed E-state index contributed by atoms with van der Waals surface area (Å²) in [4.78, 5) is 28.9. The number of imide groups is 1. The van der Waals surface area contributed by atoms with Crippen LogP contribution in [0.4, 0.5) is 4.79 Å². The summed E-state index contributed by atoms with van der Waals surface area (Å²) in [5, 5.41) is 11.3. The van der Waals surface area contributed by atoms with Crippen molar-refractivity contribution in [2.75, 3.05) is 0 Å². The minimum atomic E-state index is -0.597. The standard InChI is InChI=1S/C16H15N5O3/c1-9-19-20-14(24-9)8-21-15(22)13(18-16(21)23)6-10-7-17-12-5-3-2-4-11(10)12/h2-5,7,13,17H,6,8H2,1H3,(H,18,23)/t13-/m1/s1. The Balaban J connectivity index is 1.53. The molecule has 1 aliphatic heterocycles. The van der Waals surface area contributed by atoms with E-state index in [4.69, 9.17) is 4.42 Å². The molecule has 8 heteroatoms. The molecule has 2 N–H and O–H groups in total. The maximum absolute atomic E-state index is 12.5. The Labute approximate surface area is 136 Å². The van der Waals surface area contributed by atoms with Gasteiger partial charge in [-0.2, -0.15) is 0 Å². The van der Waals surface area contributed by atoms with Crippen LogP contribution in [0.25, 0.3) is 10.9 Å². The predicted octanol–water partition coefficient (Wildman–Crippen LogP) is 1.52. The quantitative estimate of drug-likeness (QED) is 0.708. The normalized spacial score (nSPS) is 17.7. The largest absolute Gasteiger partial charge is 0.424 e. The van der Waals surface area contributed by atoms with Crippen LogP contribution in [-0.2, 0) is 17.8 Å². The van der Waals surface area contributed by atoms with Crippen LogP contribution in [0.1, 0.15) is 17.3 Å². The molecule has 122 valence electrons. The van der Waals surface area contributed by atoms with Gasteiger partial charge in [0.2, 0.25) is 11.8 Å². The van der Waals surface area contributed by atoms with E-state index in [0.29, 0.717) is 12.3 Å². The lowest BCUT2D eigenvalue weighted by atomic mass is 10.1. The molecular formula is C16H15N5O3. The molecule has 4 rings (SSSR count). The summed E-state index contributed by atoms with van der Waals surface area (Å²) in [6.07, 6.45) is 2.29. The maximum Gasteiger partial charge on any atom is 0.325 e. The summed E-state index contributed by atoms with van der Waals surface area (Å²) in [6.45, 7) is 1.64. The molecule has 0 saturated carbocycles. The molecule has 3 aromatic rings. The molecule has 0 spiro atoms. The van der Waals surface area contributed by atoms with Gasteiger partial charge in [0, 0.05) is 30.4 Å². The van der Waals surface area contributed by atoms with Gasteiger partial charge in [-0.1, -0.05) is 18.2 Å². The van der Waals surface area contributed by atoms with Crippen LogP contribution in [0.2, 0.25) is 0 Å². The van der Waals surface area contributed by atoms with E-state index in [1.807, 2.05) is 30.5 Å². The van der Waals surface area contributed by atoms with Crippen molar-refractivity contribution in [3.63, 3.8) is 0 Å². The molecule has 1 atom stereocenters. The Morgan fingerprint density at radius 1 is 1.25 bits per heavy atom. The number of carbonyl (C=O) groups is 2. The van der Waals surface area contributed by atoms with E-state index in [0.717, 1.165) is 21.4 Å². The molecule has 1 aromatic carbocycles. The molecule has 0 unspecified atom stereocenters. The number of aromatic nitrogens is 3. The van der Waals surface area contributed by atoms with Crippen molar-refractivity contribution in [2.45, 2.75) is 25.9 Å². The summed E-state index contributed by atoms with van der Waals surface area (Å²) in [7, 11) is 0. The highest BCUT2D eigenvalue weighted by Gasteiger charge is 2.39. The van der Waals surface area contributed by atoms with Crippen LogP contribution in [-0.4, -0.2) is 38.1 Å². The predicted molar refractivity (Wildman–Crippen MR) is 83.9 cm³/mol. The Kier molecular flexibility index (Phi) is 3.30. The van der Waals surface area contributed by atoms with Gasteiger partial charge in [0.05, 0.1) is 0 Å². The molecular weight excluding hydrogens is 310 g/mol.